The first-order chi connectivity index (χ1) is 13.7. The Morgan fingerprint density at radius 1 is 1.11 bits per heavy atom. The summed E-state index contributed by atoms with van der Waals surface area (Å²) < 4.78 is 1.96. The van der Waals surface area contributed by atoms with Crippen LogP contribution in [0, 0.1) is 5.92 Å². The molecule has 0 amide bonds. The fourth-order valence-corrected chi connectivity index (χ4v) is 4.39. The van der Waals surface area contributed by atoms with Crippen molar-refractivity contribution in [3.63, 3.8) is 0 Å². The Balaban J connectivity index is 1.36. The standard InChI is InChI=1S/C22H25N5O/c1-26-6-4-16(5-7-26)17-2-3-20-21(10-17)23-12-22(25-20)18-11-24-27(13-18)19-8-15(9-19)14-28/h2-3,10-16,19H,4-9H2,1H3. The van der Waals surface area contributed by atoms with Crippen molar-refractivity contribution < 1.29 is 4.79 Å². The average Bonchev–Trinajstić information content (AvgIpc) is 3.17. The molecule has 0 unspecified atom stereocenters. The molecule has 6 nitrogen and oxygen atoms in total. The van der Waals surface area contributed by atoms with Gasteiger partial charge in [-0.25, -0.2) is 4.98 Å². The number of nitrogens with zero attached hydrogens (tertiary/aromatic N) is 5. The van der Waals surface area contributed by atoms with Crippen LogP contribution in [-0.2, 0) is 4.79 Å². The quantitative estimate of drug-likeness (QED) is 0.654. The molecule has 5 rings (SSSR count). The lowest BCUT2D eigenvalue weighted by molar-refractivity contribution is -0.114. The van der Waals surface area contributed by atoms with Gasteiger partial charge in [-0.1, -0.05) is 6.07 Å². The third kappa shape index (κ3) is 3.22. The normalized spacial score (nSPS) is 23.6. The van der Waals surface area contributed by atoms with Crippen LogP contribution < -0.4 is 0 Å². The van der Waals surface area contributed by atoms with Gasteiger partial charge in [-0.3, -0.25) is 9.67 Å². The van der Waals surface area contributed by atoms with E-state index in [9.17, 15) is 4.79 Å². The number of rotatable bonds is 4. The molecule has 1 aliphatic carbocycles. The summed E-state index contributed by atoms with van der Waals surface area (Å²) in [6, 6.07) is 6.85. The molecule has 1 saturated carbocycles. The van der Waals surface area contributed by atoms with Crippen molar-refractivity contribution >= 4 is 17.3 Å². The zero-order chi connectivity index (χ0) is 19.1. The number of aromatic nitrogens is 4. The van der Waals surface area contributed by atoms with Crippen LogP contribution in [0.4, 0.5) is 0 Å². The molecule has 3 heterocycles. The highest BCUT2D eigenvalue weighted by Crippen LogP contribution is 2.36. The third-order valence-electron chi connectivity index (χ3n) is 6.37. The summed E-state index contributed by atoms with van der Waals surface area (Å²) in [6.07, 6.45) is 10.9. The molecule has 28 heavy (non-hydrogen) atoms. The first kappa shape index (κ1) is 17.5. The number of fused-ring (bicyclic) bond motifs is 1. The molecule has 2 fully saturated rings. The maximum atomic E-state index is 10.8. The van der Waals surface area contributed by atoms with Crippen molar-refractivity contribution in [2.45, 2.75) is 37.6 Å². The van der Waals surface area contributed by atoms with Gasteiger partial charge in [-0.15, -0.1) is 0 Å². The summed E-state index contributed by atoms with van der Waals surface area (Å²) in [4.78, 5) is 22.7. The fraction of sp³-hybridized carbons (Fsp3) is 0.455. The highest BCUT2D eigenvalue weighted by atomic mass is 16.1. The molecule has 0 spiro atoms. The van der Waals surface area contributed by atoms with Crippen LogP contribution in [0.5, 0.6) is 0 Å². The predicted molar refractivity (Wildman–Crippen MR) is 108 cm³/mol. The van der Waals surface area contributed by atoms with Crippen LogP contribution in [0.15, 0.2) is 36.8 Å². The minimum atomic E-state index is 0.192. The topological polar surface area (TPSA) is 63.9 Å². The van der Waals surface area contributed by atoms with Crippen LogP contribution in [0.3, 0.4) is 0 Å². The molecule has 0 bridgehead atoms. The molecule has 144 valence electrons. The van der Waals surface area contributed by atoms with Crippen LogP contribution in [0.25, 0.3) is 22.3 Å². The van der Waals surface area contributed by atoms with E-state index in [2.05, 4.69) is 40.2 Å². The molecular formula is C22H25N5O. The number of carbonyl (C=O) groups is 1. The van der Waals surface area contributed by atoms with Crippen LogP contribution >= 0.6 is 0 Å². The third-order valence-corrected chi connectivity index (χ3v) is 6.37. The smallest absolute Gasteiger partial charge is 0.123 e. The zero-order valence-corrected chi connectivity index (χ0v) is 16.2. The summed E-state index contributed by atoms with van der Waals surface area (Å²) in [5.74, 6) is 0.815. The Bertz CT molecular complexity index is 999. The maximum Gasteiger partial charge on any atom is 0.123 e. The highest BCUT2D eigenvalue weighted by molar-refractivity contribution is 5.77. The minimum Gasteiger partial charge on any atom is -0.306 e. The minimum absolute atomic E-state index is 0.192. The predicted octanol–water partition coefficient (Wildman–Crippen LogP) is 3.45. The van der Waals surface area contributed by atoms with Crippen LogP contribution in [0.2, 0.25) is 0 Å². The van der Waals surface area contributed by atoms with E-state index in [4.69, 9.17) is 4.98 Å². The lowest BCUT2D eigenvalue weighted by Crippen LogP contribution is -2.29. The Labute approximate surface area is 164 Å². The van der Waals surface area contributed by atoms with Crippen molar-refractivity contribution in [3.05, 3.63) is 42.4 Å². The molecule has 3 aromatic rings. The Morgan fingerprint density at radius 3 is 2.71 bits per heavy atom. The van der Waals surface area contributed by atoms with Gasteiger partial charge < -0.3 is 9.69 Å². The van der Waals surface area contributed by atoms with E-state index < -0.39 is 0 Å². The van der Waals surface area contributed by atoms with Crippen molar-refractivity contribution in [3.8, 4) is 11.3 Å². The van der Waals surface area contributed by atoms with Crippen molar-refractivity contribution in [1.29, 1.82) is 0 Å². The Kier molecular flexibility index (Phi) is 4.43. The molecule has 1 aliphatic heterocycles. The molecule has 1 aromatic carbocycles. The van der Waals surface area contributed by atoms with Gasteiger partial charge in [0.25, 0.3) is 0 Å². The maximum absolute atomic E-state index is 10.8. The van der Waals surface area contributed by atoms with E-state index in [-0.39, 0.29) is 5.92 Å². The van der Waals surface area contributed by atoms with Crippen molar-refractivity contribution in [1.82, 2.24) is 24.6 Å². The number of likely N-dealkylation sites (tertiary alicyclic amines) is 1. The largest absolute Gasteiger partial charge is 0.306 e. The average molecular weight is 375 g/mol. The molecule has 0 atom stereocenters. The molecule has 0 N–H and O–H groups in total. The summed E-state index contributed by atoms with van der Waals surface area (Å²) in [5.41, 5.74) is 5.08. The monoisotopic (exact) mass is 375 g/mol. The summed E-state index contributed by atoms with van der Waals surface area (Å²) in [5, 5.41) is 4.47. The second kappa shape index (κ2) is 7.09. The van der Waals surface area contributed by atoms with E-state index in [1.807, 2.05) is 23.3 Å². The molecule has 6 heteroatoms. The molecule has 2 aromatic heterocycles. The van der Waals surface area contributed by atoms with Gasteiger partial charge in [0, 0.05) is 17.7 Å². The molecule has 0 radical (unpaired) electrons. The lowest BCUT2D eigenvalue weighted by Gasteiger charge is -2.31. The Morgan fingerprint density at radius 2 is 1.93 bits per heavy atom. The fourth-order valence-electron chi connectivity index (χ4n) is 4.39. The highest BCUT2D eigenvalue weighted by Gasteiger charge is 2.30. The second-order valence-electron chi connectivity index (χ2n) is 8.31. The SMILES string of the molecule is CN1CCC(c2ccc3nc(-c4cnn(C5CC(C=O)C5)c4)cnc3c2)CC1. The number of hydrogen-bond donors (Lipinski definition) is 0. The van der Waals surface area contributed by atoms with Crippen molar-refractivity contribution in [2.75, 3.05) is 20.1 Å². The summed E-state index contributed by atoms with van der Waals surface area (Å²) >= 11 is 0. The van der Waals surface area contributed by atoms with Gasteiger partial charge in [0.2, 0.25) is 0 Å². The number of hydrogen-bond acceptors (Lipinski definition) is 5. The van der Waals surface area contributed by atoms with Gasteiger partial charge in [0.15, 0.2) is 0 Å². The van der Waals surface area contributed by atoms with Gasteiger partial charge >= 0.3 is 0 Å². The number of aldehydes is 1. The zero-order valence-electron chi connectivity index (χ0n) is 16.2. The van der Waals surface area contributed by atoms with Gasteiger partial charge in [-0.05, 0) is 69.4 Å². The van der Waals surface area contributed by atoms with Gasteiger partial charge in [-0.2, -0.15) is 5.10 Å². The van der Waals surface area contributed by atoms with E-state index in [1.165, 1.54) is 18.4 Å². The van der Waals surface area contributed by atoms with E-state index in [1.54, 1.807) is 0 Å². The van der Waals surface area contributed by atoms with Crippen molar-refractivity contribution in [2.24, 2.45) is 5.92 Å². The van der Waals surface area contributed by atoms with E-state index in [0.717, 1.165) is 54.5 Å². The molecule has 1 saturated heterocycles. The number of piperidine rings is 1. The first-order valence-corrected chi connectivity index (χ1v) is 10.1. The van der Waals surface area contributed by atoms with Crippen LogP contribution in [0.1, 0.15) is 43.2 Å². The second-order valence-corrected chi connectivity index (χ2v) is 8.31. The van der Waals surface area contributed by atoms with E-state index >= 15 is 0 Å². The molecular weight excluding hydrogens is 350 g/mol. The van der Waals surface area contributed by atoms with E-state index in [0.29, 0.717) is 12.0 Å². The van der Waals surface area contributed by atoms with Crippen LogP contribution in [-0.4, -0.2) is 51.1 Å². The first-order valence-electron chi connectivity index (χ1n) is 10.1. The Hall–Kier alpha value is -2.60. The molecule has 2 aliphatic rings. The number of benzene rings is 1. The van der Waals surface area contributed by atoms with Gasteiger partial charge in [0.1, 0.15) is 6.29 Å². The number of carbonyl (C=O) groups excluding carboxylic acids is 1. The summed E-state index contributed by atoms with van der Waals surface area (Å²) in [7, 11) is 2.19. The van der Waals surface area contributed by atoms with Gasteiger partial charge in [0.05, 0.1) is 35.2 Å². The summed E-state index contributed by atoms with van der Waals surface area (Å²) in [6.45, 7) is 2.32. The lowest BCUT2D eigenvalue weighted by atomic mass is 9.81.